The van der Waals surface area contributed by atoms with Crippen LogP contribution < -0.4 is 11.3 Å². The monoisotopic (exact) mass is 294 g/mol. The number of aryl methyl sites for hydroxylation is 1. The average molecular weight is 295 g/mol. The van der Waals surface area contributed by atoms with E-state index in [2.05, 4.69) is 24.5 Å². The van der Waals surface area contributed by atoms with Crippen LogP contribution in [0.3, 0.4) is 0 Å². The van der Waals surface area contributed by atoms with Crippen molar-refractivity contribution in [3.8, 4) is 0 Å². The first-order valence-electron chi connectivity index (χ1n) is 6.07. The van der Waals surface area contributed by atoms with Crippen molar-refractivity contribution < 1.29 is 0 Å². The van der Waals surface area contributed by atoms with Gasteiger partial charge in [0.1, 0.15) is 0 Å². The molecule has 0 amide bonds. The van der Waals surface area contributed by atoms with Crippen LogP contribution in [0.5, 0.6) is 0 Å². The van der Waals surface area contributed by atoms with E-state index in [0.29, 0.717) is 16.5 Å². The molecule has 100 valence electrons. The molecule has 0 spiro atoms. The third-order valence-corrected chi connectivity index (χ3v) is 3.82. The molecule has 3 N–H and O–H groups in total. The molecule has 0 radical (unpaired) electrons. The average Bonchev–Trinajstić information content (AvgIpc) is 2.38. The van der Waals surface area contributed by atoms with Crippen molar-refractivity contribution in [1.82, 2.24) is 5.43 Å². The highest BCUT2D eigenvalue weighted by atomic mass is 35.5. The topological polar surface area (TPSA) is 38.0 Å². The smallest absolute Gasteiger partial charge is 0.0501 e. The zero-order valence-electron chi connectivity index (χ0n) is 10.7. The minimum absolute atomic E-state index is 0.0164. The third-order valence-electron chi connectivity index (χ3n) is 3.12. The van der Waals surface area contributed by atoms with Gasteiger partial charge in [-0.1, -0.05) is 59.1 Å². The van der Waals surface area contributed by atoms with Gasteiger partial charge in [-0.05, 0) is 36.6 Å². The SMILES string of the molecule is Cc1cccc(C(Cc2c(Cl)cccc2Cl)NN)c1. The van der Waals surface area contributed by atoms with Crippen LogP contribution in [0.15, 0.2) is 42.5 Å². The first kappa shape index (κ1) is 14.4. The number of rotatable bonds is 4. The molecule has 2 aromatic rings. The van der Waals surface area contributed by atoms with Gasteiger partial charge >= 0.3 is 0 Å². The molecular weight excluding hydrogens is 279 g/mol. The van der Waals surface area contributed by atoms with E-state index in [-0.39, 0.29) is 6.04 Å². The van der Waals surface area contributed by atoms with Crippen LogP contribution in [0.2, 0.25) is 10.0 Å². The van der Waals surface area contributed by atoms with Gasteiger partial charge in [0.25, 0.3) is 0 Å². The maximum absolute atomic E-state index is 6.20. The van der Waals surface area contributed by atoms with Crippen LogP contribution in [-0.4, -0.2) is 0 Å². The van der Waals surface area contributed by atoms with E-state index < -0.39 is 0 Å². The van der Waals surface area contributed by atoms with Gasteiger partial charge in [0.05, 0.1) is 6.04 Å². The largest absolute Gasteiger partial charge is 0.271 e. The summed E-state index contributed by atoms with van der Waals surface area (Å²) in [5.74, 6) is 5.67. The fraction of sp³-hybridized carbons (Fsp3) is 0.200. The molecular formula is C15H16Cl2N2. The second kappa shape index (κ2) is 6.40. The van der Waals surface area contributed by atoms with Crippen LogP contribution in [-0.2, 0) is 6.42 Å². The molecule has 0 saturated heterocycles. The van der Waals surface area contributed by atoms with Gasteiger partial charge < -0.3 is 0 Å². The Morgan fingerprint density at radius 3 is 2.32 bits per heavy atom. The first-order valence-corrected chi connectivity index (χ1v) is 6.83. The van der Waals surface area contributed by atoms with Crippen LogP contribution in [0, 0.1) is 6.92 Å². The number of benzene rings is 2. The van der Waals surface area contributed by atoms with E-state index in [1.165, 1.54) is 5.56 Å². The summed E-state index contributed by atoms with van der Waals surface area (Å²) in [6, 6.07) is 13.7. The molecule has 0 bridgehead atoms. The first-order chi connectivity index (χ1) is 9.11. The molecule has 1 unspecified atom stereocenters. The Morgan fingerprint density at radius 2 is 1.74 bits per heavy atom. The lowest BCUT2D eigenvalue weighted by Crippen LogP contribution is -2.29. The van der Waals surface area contributed by atoms with E-state index in [1.807, 2.05) is 30.3 Å². The molecule has 0 aliphatic carbocycles. The summed E-state index contributed by atoms with van der Waals surface area (Å²) in [6.07, 6.45) is 0.651. The summed E-state index contributed by atoms with van der Waals surface area (Å²) in [6.45, 7) is 2.06. The highest BCUT2D eigenvalue weighted by molar-refractivity contribution is 6.36. The maximum atomic E-state index is 6.20. The highest BCUT2D eigenvalue weighted by Gasteiger charge is 2.14. The molecule has 19 heavy (non-hydrogen) atoms. The molecule has 2 nitrogen and oxygen atoms in total. The van der Waals surface area contributed by atoms with E-state index >= 15 is 0 Å². The molecule has 0 aromatic heterocycles. The van der Waals surface area contributed by atoms with Crippen molar-refractivity contribution >= 4 is 23.2 Å². The molecule has 0 heterocycles. The Bertz CT molecular complexity index is 550. The van der Waals surface area contributed by atoms with Gasteiger partial charge in [-0.15, -0.1) is 0 Å². The normalized spacial score (nSPS) is 12.4. The summed E-state index contributed by atoms with van der Waals surface area (Å²) in [4.78, 5) is 0. The van der Waals surface area contributed by atoms with Crippen molar-refractivity contribution in [1.29, 1.82) is 0 Å². The van der Waals surface area contributed by atoms with Gasteiger partial charge in [-0.3, -0.25) is 11.3 Å². The summed E-state index contributed by atoms with van der Waals surface area (Å²) in [5, 5.41) is 1.33. The Hall–Kier alpha value is -1.06. The number of nitrogens with one attached hydrogen (secondary N) is 1. The number of hydrogen-bond donors (Lipinski definition) is 2. The van der Waals surface area contributed by atoms with E-state index in [9.17, 15) is 0 Å². The molecule has 0 aliphatic heterocycles. The fourth-order valence-electron chi connectivity index (χ4n) is 2.09. The van der Waals surface area contributed by atoms with Gasteiger partial charge in [-0.25, -0.2) is 0 Å². The van der Waals surface area contributed by atoms with Crippen molar-refractivity contribution in [2.75, 3.05) is 0 Å². The zero-order valence-corrected chi connectivity index (χ0v) is 12.2. The zero-order chi connectivity index (χ0) is 13.8. The van der Waals surface area contributed by atoms with Gasteiger partial charge in [0, 0.05) is 10.0 Å². The highest BCUT2D eigenvalue weighted by Crippen LogP contribution is 2.29. The molecule has 0 saturated carbocycles. The van der Waals surface area contributed by atoms with E-state index in [0.717, 1.165) is 11.1 Å². The Morgan fingerprint density at radius 1 is 1.11 bits per heavy atom. The van der Waals surface area contributed by atoms with Crippen molar-refractivity contribution in [2.45, 2.75) is 19.4 Å². The number of halogens is 2. The van der Waals surface area contributed by atoms with Gasteiger partial charge in [0.2, 0.25) is 0 Å². The molecule has 2 aromatic carbocycles. The molecule has 1 atom stereocenters. The summed E-state index contributed by atoms with van der Waals surface area (Å²) >= 11 is 12.4. The minimum atomic E-state index is -0.0164. The van der Waals surface area contributed by atoms with Crippen LogP contribution in [0.25, 0.3) is 0 Å². The van der Waals surface area contributed by atoms with Crippen LogP contribution >= 0.6 is 23.2 Å². The number of nitrogens with two attached hydrogens (primary N) is 1. The number of hydrogen-bond acceptors (Lipinski definition) is 2. The van der Waals surface area contributed by atoms with Crippen LogP contribution in [0.4, 0.5) is 0 Å². The predicted molar refractivity (Wildman–Crippen MR) is 81.4 cm³/mol. The van der Waals surface area contributed by atoms with Gasteiger partial charge in [0.15, 0.2) is 0 Å². The molecule has 4 heteroatoms. The second-order valence-corrected chi connectivity index (χ2v) is 5.35. The van der Waals surface area contributed by atoms with Crippen molar-refractivity contribution in [3.63, 3.8) is 0 Å². The summed E-state index contributed by atoms with van der Waals surface area (Å²) in [5.41, 5.74) is 6.06. The Kier molecular flexibility index (Phi) is 4.83. The van der Waals surface area contributed by atoms with Crippen molar-refractivity contribution in [2.24, 2.45) is 5.84 Å². The van der Waals surface area contributed by atoms with E-state index in [1.54, 1.807) is 0 Å². The lowest BCUT2D eigenvalue weighted by atomic mass is 9.98. The maximum Gasteiger partial charge on any atom is 0.0501 e. The molecule has 2 rings (SSSR count). The Labute approximate surface area is 123 Å². The predicted octanol–water partition coefficient (Wildman–Crippen LogP) is 4.05. The quantitative estimate of drug-likeness (QED) is 0.659. The third kappa shape index (κ3) is 3.48. The minimum Gasteiger partial charge on any atom is -0.271 e. The standard InChI is InChI=1S/C15H16Cl2N2/c1-10-4-2-5-11(8-10)15(19-18)9-12-13(16)6-3-7-14(12)17/h2-8,15,19H,9,18H2,1H3. The summed E-state index contributed by atoms with van der Waals surface area (Å²) < 4.78 is 0. The molecule has 0 aliphatic rings. The lowest BCUT2D eigenvalue weighted by molar-refractivity contribution is 0.552. The second-order valence-electron chi connectivity index (χ2n) is 4.54. The van der Waals surface area contributed by atoms with Crippen molar-refractivity contribution in [3.05, 3.63) is 69.2 Å². The molecule has 0 fully saturated rings. The Balaban J connectivity index is 2.29. The van der Waals surface area contributed by atoms with Gasteiger partial charge in [-0.2, -0.15) is 0 Å². The summed E-state index contributed by atoms with van der Waals surface area (Å²) in [7, 11) is 0. The number of hydrazine groups is 1. The fourth-order valence-corrected chi connectivity index (χ4v) is 2.64. The van der Waals surface area contributed by atoms with Crippen LogP contribution in [0.1, 0.15) is 22.7 Å². The lowest BCUT2D eigenvalue weighted by Gasteiger charge is -2.18. The van der Waals surface area contributed by atoms with E-state index in [4.69, 9.17) is 29.0 Å².